The first-order valence-electron chi connectivity index (χ1n) is 8.08. The molecule has 1 heterocycles. The van der Waals surface area contributed by atoms with Crippen molar-refractivity contribution in [3.8, 4) is 5.75 Å². The van der Waals surface area contributed by atoms with Gasteiger partial charge in [-0.15, -0.1) is 0 Å². The Labute approximate surface area is 143 Å². The Morgan fingerprint density at radius 2 is 1.84 bits per heavy atom. The molecular formula is C19H18F3NO2. The summed E-state index contributed by atoms with van der Waals surface area (Å²) in [4.78, 5) is 12.0. The molecule has 1 amide bonds. The zero-order chi connectivity index (χ0) is 17.9. The maximum absolute atomic E-state index is 12.5. The van der Waals surface area contributed by atoms with E-state index in [2.05, 4.69) is 5.32 Å². The summed E-state index contributed by atoms with van der Waals surface area (Å²) in [6, 6.07) is 12.6. The van der Waals surface area contributed by atoms with Crippen molar-refractivity contribution in [2.24, 2.45) is 0 Å². The Hall–Kier alpha value is -2.50. The van der Waals surface area contributed by atoms with E-state index in [1.807, 2.05) is 24.3 Å². The number of hydrogen-bond acceptors (Lipinski definition) is 2. The van der Waals surface area contributed by atoms with Crippen molar-refractivity contribution in [2.45, 2.75) is 24.9 Å². The third-order valence-electron chi connectivity index (χ3n) is 4.27. The molecule has 2 aromatic rings. The van der Waals surface area contributed by atoms with E-state index in [-0.39, 0.29) is 18.2 Å². The highest BCUT2D eigenvalue weighted by molar-refractivity contribution is 5.76. The van der Waals surface area contributed by atoms with E-state index in [4.69, 9.17) is 4.74 Å². The second kappa shape index (κ2) is 7.17. The van der Waals surface area contributed by atoms with Crippen LogP contribution in [0.25, 0.3) is 0 Å². The van der Waals surface area contributed by atoms with Gasteiger partial charge in [0, 0.05) is 24.4 Å². The minimum atomic E-state index is -4.34. The van der Waals surface area contributed by atoms with Crippen molar-refractivity contribution in [3.63, 3.8) is 0 Å². The van der Waals surface area contributed by atoms with Gasteiger partial charge in [-0.3, -0.25) is 4.79 Å². The molecule has 1 aliphatic rings. The molecule has 1 N–H and O–H groups in total. The average Bonchev–Trinajstić information content (AvgIpc) is 3.01. The van der Waals surface area contributed by atoms with Crippen molar-refractivity contribution >= 4 is 5.91 Å². The number of halogens is 3. The number of aryl methyl sites for hydroxylation is 1. The summed E-state index contributed by atoms with van der Waals surface area (Å²) in [5, 5.41) is 2.87. The zero-order valence-electron chi connectivity index (χ0n) is 13.5. The molecule has 3 nitrogen and oxygen atoms in total. The van der Waals surface area contributed by atoms with Crippen molar-refractivity contribution in [1.82, 2.24) is 5.32 Å². The van der Waals surface area contributed by atoms with E-state index in [1.165, 1.54) is 12.1 Å². The minimum Gasteiger partial charge on any atom is -0.493 e. The molecule has 1 aliphatic heterocycles. The van der Waals surface area contributed by atoms with Crippen LogP contribution >= 0.6 is 0 Å². The van der Waals surface area contributed by atoms with Gasteiger partial charge in [-0.25, -0.2) is 0 Å². The molecule has 3 rings (SSSR count). The SMILES string of the molecule is O=C(CCc1ccc(C(F)(F)F)cc1)NC[C@H]1COc2ccccc21. The van der Waals surface area contributed by atoms with Crippen molar-refractivity contribution in [3.05, 3.63) is 65.2 Å². The molecule has 0 unspecified atom stereocenters. The largest absolute Gasteiger partial charge is 0.493 e. The number of rotatable bonds is 5. The molecule has 1 atom stereocenters. The molecule has 6 heteroatoms. The van der Waals surface area contributed by atoms with Crippen LogP contribution in [0.1, 0.15) is 29.0 Å². The number of hydrogen-bond donors (Lipinski definition) is 1. The molecule has 0 saturated carbocycles. The summed E-state index contributed by atoms with van der Waals surface area (Å²) >= 11 is 0. The van der Waals surface area contributed by atoms with Crippen molar-refractivity contribution in [2.75, 3.05) is 13.2 Å². The smallest absolute Gasteiger partial charge is 0.416 e. The third kappa shape index (κ3) is 4.32. The fraction of sp³-hybridized carbons (Fsp3) is 0.316. The standard InChI is InChI=1S/C19H18F3NO2/c20-19(21,22)15-8-5-13(6-9-15)7-10-18(24)23-11-14-12-25-17-4-2-1-3-16(14)17/h1-6,8-9,14H,7,10-12H2,(H,23,24)/t14-/m0/s1. The minimum absolute atomic E-state index is 0.121. The van der Waals surface area contributed by atoms with E-state index < -0.39 is 11.7 Å². The fourth-order valence-corrected chi connectivity index (χ4v) is 2.84. The van der Waals surface area contributed by atoms with Gasteiger partial charge in [0.15, 0.2) is 0 Å². The Kier molecular flexibility index (Phi) is 4.97. The molecule has 0 fully saturated rings. The number of nitrogens with one attached hydrogen (secondary N) is 1. The maximum Gasteiger partial charge on any atom is 0.416 e. The second-order valence-electron chi connectivity index (χ2n) is 6.04. The molecule has 0 radical (unpaired) electrons. The van der Waals surface area contributed by atoms with E-state index in [0.29, 0.717) is 25.1 Å². The highest BCUT2D eigenvalue weighted by Crippen LogP contribution is 2.33. The lowest BCUT2D eigenvalue weighted by molar-refractivity contribution is -0.137. The second-order valence-corrected chi connectivity index (χ2v) is 6.04. The monoisotopic (exact) mass is 349 g/mol. The van der Waals surface area contributed by atoms with E-state index >= 15 is 0 Å². The molecule has 0 aromatic heterocycles. The number of carbonyl (C=O) groups is 1. The molecular weight excluding hydrogens is 331 g/mol. The van der Waals surface area contributed by atoms with Crippen LogP contribution in [0.2, 0.25) is 0 Å². The lowest BCUT2D eigenvalue weighted by Gasteiger charge is -2.11. The van der Waals surface area contributed by atoms with Crippen LogP contribution in [0, 0.1) is 0 Å². The van der Waals surface area contributed by atoms with Crippen LogP contribution in [0.4, 0.5) is 13.2 Å². The van der Waals surface area contributed by atoms with Crippen molar-refractivity contribution < 1.29 is 22.7 Å². The Morgan fingerprint density at radius 3 is 2.56 bits per heavy atom. The number of amides is 1. The lowest BCUT2D eigenvalue weighted by Crippen LogP contribution is -2.29. The van der Waals surface area contributed by atoms with Gasteiger partial charge in [0.2, 0.25) is 5.91 Å². The summed E-state index contributed by atoms with van der Waals surface area (Å²) < 4.78 is 43.1. The number of benzene rings is 2. The van der Waals surface area contributed by atoms with Gasteiger partial charge in [0.05, 0.1) is 12.2 Å². The van der Waals surface area contributed by atoms with E-state index in [1.54, 1.807) is 0 Å². The van der Waals surface area contributed by atoms with Gasteiger partial charge in [-0.2, -0.15) is 13.2 Å². The summed E-state index contributed by atoms with van der Waals surface area (Å²) in [7, 11) is 0. The predicted octanol–water partition coefficient (Wildman–Crippen LogP) is 3.93. The normalized spacial score (nSPS) is 16.2. The highest BCUT2D eigenvalue weighted by atomic mass is 19.4. The molecule has 0 bridgehead atoms. The zero-order valence-corrected chi connectivity index (χ0v) is 13.5. The molecule has 0 spiro atoms. The molecule has 0 aliphatic carbocycles. The first-order valence-corrected chi connectivity index (χ1v) is 8.08. The predicted molar refractivity (Wildman–Crippen MR) is 87.5 cm³/mol. The Bertz CT molecular complexity index is 741. The molecule has 132 valence electrons. The third-order valence-corrected chi connectivity index (χ3v) is 4.27. The fourth-order valence-electron chi connectivity index (χ4n) is 2.84. The summed E-state index contributed by atoms with van der Waals surface area (Å²) in [6.45, 7) is 1.03. The first kappa shape index (κ1) is 17.3. The van der Waals surface area contributed by atoms with Crippen LogP contribution < -0.4 is 10.1 Å². The van der Waals surface area contributed by atoms with Crippen LogP contribution in [0.5, 0.6) is 5.75 Å². The quantitative estimate of drug-likeness (QED) is 0.888. The van der Waals surface area contributed by atoms with Gasteiger partial charge in [0.25, 0.3) is 0 Å². The lowest BCUT2D eigenvalue weighted by atomic mass is 10.0. The molecule has 2 aromatic carbocycles. The summed E-state index contributed by atoms with van der Waals surface area (Å²) in [5.74, 6) is 0.863. The Balaban J connectivity index is 1.46. The van der Waals surface area contributed by atoms with Crippen molar-refractivity contribution in [1.29, 1.82) is 0 Å². The summed E-state index contributed by atoms with van der Waals surface area (Å²) in [6.07, 6.45) is -3.70. The van der Waals surface area contributed by atoms with Gasteiger partial charge >= 0.3 is 6.18 Å². The topological polar surface area (TPSA) is 38.3 Å². The molecule has 0 saturated heterocycles. The first-order chi connectivity index (χ1) is 11.9. The van der Waals surface area contributed by atoms with Gasteiger partial charge in [0.1, 0.15) is 5.75 Å². The maximum atomic E-state index is 12.5. The van der Waals surface area contributed by atoms with Crippen LogP contribution in [0.3, 0.4) is 0 Å². The van der Waals surface area contributed by atoms with E-state index in [0.717, 1.165) is 23.4 Å². The van der Waals surface area contributed by atoms with Crippen LogP contribution in [-0.4, -0.2) is 19.1 Å². The van der Waals surface area contributed by atoms with Gasteiger partial charge in [-0.1, -0.05) is 30.3 Å². The van der Waals surface area contributed by atoms with Crippen LogP contribution in [-0.2, 0) is 17.4 Å². The number of alkyl halides is 3. The number of para-hydroxylation sites is 1. The highest BCUT2D eigenvalue weighted by Gasteiger charge is 2.30. The molecule has 25 heavy (non-hydrogen) atoms. The van der Waals surface area contributed by atoms with Gasteiger partial charge in [-0.05, 0) is 30.2 Å². The summed E-state index contributed by atoms with van der Waals surface area (Å²) in [5.41, 5.74) is 1.11. The number of ether oxygens (including phenoxy) is 1. The Morgan fingerprint density at radius 1 is 1.12 bits per heavy atom. The van der Waals surface area contributed by atoms with Crippen LogP contribution in [0.15, 0.2) is 48.5 Å². The number of carbonyl (C=O) groups excluding carboxylic acids is 1. The average molecular weight is 349 g/mol. The van der Waals surface area contributed by atoms with E-state index in [9.17, 15) is 18.0 Å². The van der Waals surface area contributed by atoms with Gasteiger partial charge < -0.3 is 10.1 Å². The number of fused-ring (bicyclic) bond motifs is 1.